The second kappa shape index (κ2) is 8.44. The smallest absolute Gasteiger partial charge is 0.387 e. The zero-order valence-electron chi connectivity index (χ0n) is 15.8. The van der Waals surface area contributed by atoms with Crippen LogP contribution in [-0.2, 0) is 4.74 Å². The molecule has 30 heavy (non-hydrogen) atoms. The Morgan fingerprint density at radius 2 is 1.77 bits per heavy atom. The van der Waals surface area contributed by atoms with Crippen molar-refractivity contribution in [1.82, 2.24) is 9.78 Å². The summed E-state index contributed by atoms with van der Waals surface area (Å²) in [6.45, 7) is -3.42. The zero-order chi connectivity index (χ0) is 21.1. The zero-order valence-corrected chi connectivity index (χ0v) is 15.8. The lowest BCUT2D eigenvalue weighted by molar-refractivity contribution is -0.0498. The number of aromatic nitrogens is 2. The summed E-state index contributed by atoms with van der Waals surface area (Å²) in [7, 11) is 0. The molecule has 0 amide bonds. The fourth-order valence-corrected chi connectivity index (χ4v) is 3.00. The third kappa shape index (κ3) is 4.53. The molecule has 1 fully saturated rings. The van der Waals surface area contributed by atoms with E-state index >= 15 is 0 Å². The molecule has 0 N–H and O–H groups in total. The average Bonchev–Trinajstić information content (AvgIpc) is 3.51. The van der Waals surface area contributed by atoms with Crippen LogP contribution < -0.4 is 4.74 Å². The van der Waals surface area contributed by atoms with Gasteiger partial charge in [0.2, 0.25) is 0 Å². The fourth-order valence-electron chi connectivity index (χ4n) is 3.00. The Balaban J connectivity index is 1.45. The van der Waals surface area contributed by atoms with Crippen molar-refractivity contribution in [2.75, 3.05) is 6.61 Å². The Labute approximate surface area is 171 Å². The number of nitrogens with zero attached hydrogens (tertiary/aromatic N) is 2. The van der Waals surface area contributed by atoms with E-state index in [0.717, 1.165) is 24.2 Å². The third-order valence-electron chi connectivity index (χ3n) is 4.67. The van der Waals surface area contributed by atoms with E-state index in [1.165, 1.54) is 28.9 Å². The number of para-hydroxylation sites is 1. The number of hydrogen-bond donors (Lipinski definition) is 0. The largest absolute Gasteiger partial charge is 0.453 e. The van der Waals surface area contributed by atoms with Gasteiger partial charge >= 0.3 is 12.6 Å². The van der Waals surface area contributed by atoms with E-state index < -0.39 is 25.0 Å². The van der Waals surface area contributed by atoms with E-state index in [4.69, 9.17) is 4.74 Å². The minimum absolute atomic E-state index is 0.0575. The van der Waals surface area contributed by atoms with Gasteiger partial charge in [-0.05, 0) is 55.3 Å². The quantitative estimate of drug-likeness (QED) is 0.405. The van der Waals surface area contributed by atoms with E-state index in [1.54, 1.807) is 6.07 Å². The molecule has 6 nitrogen and oxygen atoms in total. The van der Waals surface area contributed by atoms with Crippen LogP contribution in [0.3, 0.4) is 0 Å². The van der Waals surface area contributed by atoms with Gasteiger partial charge in [-0.1, -0.05) is 18.2 Å². The molecule has 0 bridgehead atoms. The number of carbonyl (C=O) groups excluding carboxylic acids is 2. The van der Waals surface area contributed by atoms with Gasteiger partial charge in [0, 0.05) is 11.5 Å². The summed E-state index contributed by atoms with van der Waals surface area (Å²) in [6.07, 6.45) is 2.06. The summed E-state index contributed by atoms with van der Waals surface area (Å²) in [5.41, 5.74) is 2.01. The van der Waals surface area contributed by atoms with Crippen LogP contribution in [0.15, 0.2) is 60.7 Å². The number of halogens is 2. The Morgan fingerprint density at radius 1 is 1.07 bits per heavy atom. The van der Waals surface area contributed by atoms with Crippen molar-refractivity contribution in [2.24, 2.45) is 0 Å². The predicted octanol–water partition coefficient (Wildman–Crippen LogP) is 4.39. The molecule has 0 saturated heterocycles. The molecular weight excluding hydrogens is 394 g/mol. The molecule has 0 spiro atoms. The van der Waals surface area contributed by atoms with Crippen LogP contribution in [0.25, 0.3) is 5.69 Å². The van der Waals surface area contributed by atoms with Crippen molar-refractivity contribution >= 4 is 11.8 Å². The molecule has 1 aliphatic rings. The standard InChI is InChI=1S/C22H18F2N2O4/c23-22(24)30-17-10-8-15(9-11-17)20(27)13-29-21(28)19-12-18(14-6-7-14)25-26(19)16-4-2-1-3-5-16/h1-5,8-12,14,22H,6-7,13H2. The lowest BCUT2D eigenvalue weighted by Gasteiger charge is -2.08. The Morgan fingerprint density at radius 3 is 2.40 bits per heavy atom. The minimum atomic E-state index is -2.94. The first-order chi connectivity index (χ1) is 14.5. The second-order valence-electron chi connectivity index (χ2n) is 6.88. The first-order valence-corrected chi connectivity index (χ1v) is 9.42. The molecule has 0 radical (unpaired) electrons. The maximum absolute atomic E-state index is 12.7. The van der Waals surface area contributed by atoms with Gasteiger partial charge in [-0.25, -0.2) is 9.48 Å². The highest BCUT2D eigenvalue weighted by Crippen LogP contribution is 2.39. The van der Waals surface area contributed by atoms with Crippen LogP contribution >= 0.6 is 0 Å². The number of esters is 1. The number of rotatable bonds is 8. The molecule has 1 saturated carbocycles. The molecule has 1 heterocycles. The fraction of sp³-hybridized carbons (Fsp3) is 0.227. The van der Waals surface area contributed by atoms with Crippen molar-refractivity contribution in [2.45, 2.75) is 25.4 Å². The van der Waals surface area contributed by atoms with Crippen molar-refractivity contribution < 1.29 is 27.8 Å². The lowest BCUT2D eigenvalue weighted by atomic mass is 10.1. The van der Waals surface area contributed by atoms with Crippen LogP contribution in [0.1, 0.15) is 45.3 Å². The van der Waals surface area contributed by atoms with Crippen LogP contribution in [0.2, 0.25) is 0 Å². The molecule has 1 aliphatic carbocycles. The first kappa shape index (κ1) is 19.8. The Hall–Kier alpha value is -3.55. The van der Waals surface area contributed by atoms with Crippen LogP contribution in [0.5, 0.6) is 5.75 Å². The first-order valence-electron chi connectivity index (χ1n) is 9.42. The average molecular weight is 412 g/mol. The van der Waals surface area contributed by atoms with Gasteiger partial charge < -0.3 is 9.47 Å². The van der Waals surface area contributed by atoms with Gasteiger partial charge in [0.15, 0.2) is 18.1 Å². The van der Waals surface area contributed by atoms with Gasteiger partial charge in [-0.15, -0.1) is 0 Å². The molecule has 0 aliphatic heterocycles. The number of alkyl halides is 2. The minimum Gasteiger partial charge on any atom is -0.453 e. The highest BCUT2D eigenvalue weighted by Gasteiger charge is 2.29. The van der Waals surface area contributed by atoms with Gasteiger partial charge in [-0.2, -0.15) is 13.9 Å². The maximum atomic E-state index is 12.7. The van der Waals surface area contributed by atoms with Crippen molar-refractivity contribution in [3.8, 4) is 11.4 Å². The van der Waals surface area contributed by atoms with E-state index in [2.05, 4.69) is 9.84 Å². The van der Waals surface area contributed by atoms with Gasteiger partial charge in [0.1, 0.15) is 5.75 Å². The maximum Gasteiger partial charge on any atom is 0.387 e. The SMILES string of the molecule is O=C(COC(=O)c1cc(C2CC2)nn1-c1ccccc1)c1ccc(OC(F)F)cc1. The van der Waals surface area contributed by atoms with Crippen LogP contribution in [0, 0.1) is 0 Å². The van der Waals surface area contributed by atoms with Crippen molar-refractivity contribution in [3.05, 3.63) is 77.6 Å². The van der Waals surface area contributed by atoms with E-state index in [0.29, 0.717) is 5.92 Å². The summed E-state index contributed by atoms with van der Waals surface area (Å²) in [5.74, 6) is -0.834. The number of ketones is 1. The molecule has 0 atom stereocenters. The summed E-state index contributed by atoms with van der Waals surface area (Å²) in [6, 6.07) is 16.1. The molecule has 3 aromatic rings. The molecular formula is C22H18F2N2O4. The lowest BCUT2D eigenvalue weighted by Crippen LogP contribution is -2.17. The number of carbonyl (C=O) groups is 2. The molecule has 0 unspecified atom stereocenters. The van der Waals surface area contributed by atoms with Gasteiger partial charge in [0.25, 0.3) is 0 Å². The number of benzene rings is 2. The van der Waals surface area contributed by atoms with Crippen molar-refractivity contribution in [3.63, 3.8) is 0 Å². The Bertz CT molecular complexity index is 1040. The van der Waals surface area contributed by atoms with Gasteiger partial charge in [-0.3, -0.25) is 4.79 Å². The van der Waals surface area contributed by atoms with Crippen LogP contribution in [-0.4, -0.2) is 34.8 Å². The molecule has 2 aromatic carbocycles. The number of hydrogen-bond acceptors (Lipinski definition) is 5. The topological polar surface area (TPSA) is 70.4 Å². The normalized spacial score (nSPS) is 13.3. The summed E-state index contributed by atoms with van der Waals surface area (Å²) in [4.78, 5) is 25.0. The van der Waals surface area contributed by atoms with E-state index in [-0.39, 0.29) is 17.0 Å². The molecule has 8 heteroatoms. The highest BCUT2D eigenvalue weighted by molar-refractivity contribution is 5.99. The Kier molecular flexibility index (Phi) is 5.56. The number of ether oxygens (including phenoxy) is 2. The molecule has 4 rings (SSSR count). The second-order valence-corrected chi connectivity index (χ2v) is 6.88. The summed E-state index contributed by atoms with van der Waals surface area (Å²) in [5, 5.41) is 4.54. The highest BCUT2D eigenvalue weighted by atomic mass is 19.3. The van der Waals surface area contributed by atoms with E-state index in [1.807, 2.05) is 30.3 Å². The third-order valence-corrected chi connectivity index (χ3v) is 4.67. The van der Waals surface area contributed by atoms with E-state index in [9.17, 15) is 18.4 Å². The number of Topliss-reactive ketones (excluding diaryl/α,β-unsaturated/α-hetero) is 1. The molecule has 154 valence electrons. The summed E-state index contributed by atoms with van der Waals surface area (Å²) < 4.78 is 35.4. The monoisotopic (exact) mass is 412 g/mol. The summed E-state index contributed by atoms with van der Waals surface area (Å²) >= 11 is 0. The molecule has 1 aromatic heterocycles. The van der Waals surface area contributed by atoms with Crippen molar-refractivity contribution in [1.29, 1.82) is 0 Å². The predicted molar refractivity (Wildman–Crippen MR) is 103 cm³/mol. The van der Waals surface area contributed by atoms with Crippen LogP contribution in [0.4, 0.5) is 8.78 Å². The van der Waals surface area contributed by atoms with Gasteiger partial charge in [0.05, 0.1) is 11.4 Å².